The summed E-state index contributed by atoms with van der Waals surface area (Å²) in [4.78, 5) is 36.2. The van der Waals surface area contributed by atoms with Gasteiger partial charge in [-0.2, -0.15) is 0 Å². The molecule has 0 saturated carbocycles. The zero-order valence-electron chi connectivity index (χ0n) is 18.3. The molecule has 0 unspecified atom stereocenters. The standard InChI is InChI=1S/C24H19Cl2N5O3S/c25-16-2-1-3-17(26)20(16)29-24-30-23(33)19(35-24)11-13-4-5-18-14(10-13)21(15(12-28-18)22(27)32)31-6-8-34-9-7-31/h1-5,10-12H,6-9H2,(H2,27,32)(H,29,30,33)/b19-11+. The largest absolute Gasteiger partial charge is 0.378 e. The normalized spacial score (nSPS) is 18.5. The number of hydrogen-bond acceptors (Lipinski definition) is 7. The van der Waals surface area contributed by atoms with E-state index in [9.17, 15) is 9.59 Å². The van der Waals surface area contributed by atoms with E-state index in [4.69, 9.17) is 33.7 Å². The summed E-state index contributed by atoms with van der Waals surface area (Å²) in [6.45, 7) is 2.38. The molecule has 2 amide bonds. The van der Waals surface area contributed by atoms with Crippen molar-refractivity contribution in [3.63, 3.8) is 0 Å². The van der Waals surface area contributed by atoms with Crippen molar-refractivity contribution in [1.82, 2.24) is 10.3 Å². The Morgan fingerprint density at radius 3 is 2.66 bits per heavy atom. The molecule has 0 radical (unpaired) electrons. The molecule has 3 aromatic rings. The molecule has 5 rings (SSSR count). The Balaban J connectivity index is 1.53. The third-order valence-electron chi connectivity index (χ3n) is 5.56. The maximum Gasteiger partial charge on any atom is 0.264 e. The number of nitrogens with one attached hydrogen (secondary N) is 1. The second-order valence-corrected chi connectivity index (χ2v) is 9.66. The third kappa shape index (κ3) is 4.85. The number of nitrogens with zero attached hydrogens (tertiary/aromatic N) is 3. The van der Waals surface area contributed by atoms with Crippen LogP contribution < -0.4 is 16.0 Å². The molecule has 2 saturated heterocycles. The fourth-order valence-electron chi connectivity index (χ4n) is 3.92. The van der Waals surface area contributed by atoms with Crippen LogP contribution in [0.2, 0.25) is 10.0 Å². The number of hydrogen-bond donors (Lipinski definition) is 2. The summed E-state index contributed by atoms with van der Waals surface area (Å²) in [5.41, 5.74) is 8.62. The molecule has 0 atom stereocenters. The van der Waals surface area contributed by atoms with Crippen molar-refractivity contribution in [1.29, 1.82) is 0 Å². The molecular weight excluding hydrogens is 509 g/mol. The molecule has 3 N–H and O–H groups in total. The Morgan fingerprint density at radius 2 is 1.94 bits per heavy atom. The van der Waals surface area contributed by atoms with Crippen LogP contribution in [0.1, 0.15) is 15.9 Å². The summed E-state index contributed by atoms with van der Waals surface area (Å²) in [6, 6.07) is 10.7. The van der Waals surface area contributed by atoms with Crippen molar-refractivity contribution in [2.45, 2.75) is 0 Å². The average Bonchev–Trinajstić information content (AvgIpc) is 3.19. The number of morpholine rings is 1. The first-order chi connectivity index (χ1) is 16.9. The molecule has 2 fully saturated rings. The van der Waals surface area contributed by atoms with Gasteiger partial charge in [0.05, 0.1) is 44.9 Å². The van der Waals surface area contributed by atoms with Gasteiger partial charge in [0.2, 0.25) is 0 Å². The maximum absolute atomic E-state index is 12.6. The molecule has 2 aromatic carbocycles. The molecule has 11 heteroatoms. The minimum Gasteiger partial charge on any atom is -0.378 e. The van der Waals surface area contributed by atoms with E-state index in [1.807, 2.05) is 18.2 Å². The highest BCUT2D eigenvalue weighted by Gasteiger charge is 2.25. The number of benzene rings is 2. The van der Waals surface area contributed by atoms with E-state index in [0.29, 0.717) is 57.7 Å². The molecule has 178 valence electrons. The number of aromatic nitrogens is 1. The van der Waals surface area contributed by atoms with Crippen molar-refractivity contribution in [3.05, 3.63) is 68.7 Å². The summed E-state index contributed by atoms with van der Waals surface area (Å²) < 4.78 is 5.47. The number of pyridine rings is 1. The molecule has 8 nitrogen and oxygen atoms in total. The van der Waals surface area contributed by atoms with Crippen LogP contribution in [-0.2, 0) is 9.53 Å². The Bertz CT molecular complexity index is 1400. The first-order valence-electron chi connectivity index (χ1n) is 10.7. The topological polar surface area (TPSA) is 110 Å². The van der Waals surface area contributed by atoms with Crippen molar-refractivity contribution in [2.24, 2.45) is 10.7 Å². The lowest BCUT2D eigenvalue weighted by molar-refractivity contribution is -0.115. The molecule has 2 aliphatic rings. The molecule has 0 bridgehead atoms. The summed E-state index contributed by atoms with van der Waals surface area (Å²) in [5.74, 6) is -0.830. The van der Waals surface area contributed by atoms with Gasteiger partial charge < -0.3 is 20.7 Å². The second kappa shape index (κ2) is 9.87. The number of anilines is 1. The monoisotopic (exact) mass is 527 g/mol. The van der Waals surface area contributed by atoms with Crippen LogP contribution in [-0.4, -0.2) is 48.3 Å². The van der Waals surface area contributed by atoms with Crippen molar-refractivity contribution >= 4 is 80.3 Å². The number of ether oxygens (including phenoxy) is 1. The van der Waals surface area contributed by atoms with E-state index in [0.717, 1.165) is 22.2 Å². The number of fused-ring (bicyclic) bond motifs is 1. The van der Waals surface area contributed by atoms with Crippen molar-refractivity contribution < 1.29 is 14.3 Å². The number of thioether (sulfide) groups is 1. The van der Waals surface area contributed by atoms with Gasteiger partial charge in [-0.25, -0.2) is 4.99 Å². The van der Waals surface area contributed by atoms with Gasteiger partial charge in [0.1, 0.15) is 5.69 Å². The highest BCUT2D eigenvalue weighted by atomic mass is 35.5. The maximum atomic E-state index is 12.6. The number of halogens is 2. The predicted octanol–water partition coefficient (Wildman–Crippen LogP) is 4.37. The molecule has 3 heterocycles. The number of rotatable bonds is 4. The van der Waals surface area contributed by atoms with Gasteiger partial charge in [-0.15, -0.1) is 0 Å². The predicted molar refractivity (Wildman–Crippen MR) is 141 cm³/mol. The van der Waals surface area contributed by atoms with E-state index in [2.05, 4.69) is 20.2 Å². The first kappa shape index (κ1) is 23.6. The number of primary amides is 1. The van der Waals surface area contributed by atoms with E-state index >= 15 is 0 Å². The van der Waals surface area contributed by atoms with E-state index < -0.39 is 5.91 Å². The fourth-order valence-corrected chi connectivity index (χ4v) is 5.23. The van der Waals surface area contributed by atoms with Gasteiger partial charge in [0.15, 0.2) is 5.17 Å². The summed E-state index contributed by atoms with van der Waals surface area (Å²) in [7, 11) is 0. The third-order valence-corrected chi connectivity index (χ3v) is 7.08. The highest BCUT2D eigenvalue weighted by molar-refractivity contribution is 8.18. The smallest absolute Gasteiger partial charge is 0.264 e. The van der Waals surface area contributed by atoms with Gasteiger partial charge >= 0.3 is 0 Å². The van der Waals surface area contributed by atoms with E-state index in [1.54, 1.807) is 24.3 Å². The van der Waals surface area contributed by atoms with Crippen LogP contribution in [0, 0.1) is 0 Å². The van der Waals surface area contributed by atoms with Gasteiger partial charge in [-0.05, 0) is 47.7 Å². The Morgan fingerprint density at radius 1 is 1.20 bits per heavy atom. The van der Waals surface area contributed by atoms with Crippen LogP contribution in [0.4, 0.5) is 11.4 Å². The number of carbonyl (C=O) groups is 2. The second-order valence-electron chi connectivity index (χ2n) is 7.81. The first-order valence-corrected chi connectivity index (χ1v) is 12.3. The van der Waals surface area contributed by atoms with Crippen LogP contribution in [0.25, 0.3) is 17.0 Å². The van der Waals surface area contributed by atoms with Crippen molar-refractivity contribution in [3.8, 4) is 0 Å². The molecular formula is C24H19Cl2N5O3S. The van der Waals surface area contributed by atoms with Crippen LogP contribution in [0.5, 0.6) is 0 Å². The lowest BCUT2D eigenvalue weighted by Crippen LogP contribution is -2.37. The van der Waals surface area contributed by atoms with E-state index in [1.165, 1.54) is 18.0 Å². The number of amidine groups is 1. The van der Waals surface area contributed by atoms with Crippen molar-refractivity contribution in [2.75, 3.05) is 31.2 Å². The SMILES string of the molecule is NC(=O)c1cnc2ccc(/C=C3/SC(=Nc4c(Cl)cccc4Cl)NC3=O)cc2c1N1CCOCC1. The summed E-state index contributed by atoms with van der Waals surface area (Å²) in [6.07, 6.45) is 3.27. The lowest BCUT2D eigenvalue weighted by atomic mass is 10.0. The zero-order chi connectivity index (χ0) is 24.5. The Hall–Kier alpha value is -3.11. The summed E-state index contributed by atoms with van der Waals surface area (Å²) in [5, 5.41) is 4.68. The number of para-hydroxylation sites is 1. The minimum absolute atomic E-state index is 0.283. The molecule has 2 aliphatic heterocycles. The minimum atomic E-state index is -0.547. The molecule has 0 aliphatic carbocycles. The molecule has 1 aromatic heterocycles. The molecule has 35 heavy (non-hydrogen) atoms. The zero-order valence-corrected chi connectivity index (χ0v) is 20.6. The quantitative estimate of drug-likeness (QED) is 0.487. The van der Waals surface area contributed by atoms with Gasteiger partial charge in [0, 0.05) is 24.7 Å². The number of nitrogens with two attached hydrogens (primary N) is 1. The number of amides is 2. The van der Waals surface area contributed by atoms with Crippen LogP contribution >= 0.6 is 35.0 Å². The number of carbonyl (C=O) groups excluding carboxylic acids is 2. The number of aliphatic imine (C=N–C) groups is 1. The highest BCUT2D eigenvalue weighted by Crippen LogP contribution is 2.36. The van der Waals surface area contributed by atoms with Crippen LogP contribution in [0.15, 0.2) is 52.5 Å². The van der Waals surface area contributed by atoms with Crippen LogP contribution in [0.3, 0.4) is 0 Å². The van der Waals surface area contributed by atoms with Gasteiger partial charge in [-0.3, -0.25) is 14.6 Å². The van der Waals surface area contributed by atoms with Gasteiger partial charge in [0.25, 0.3) is 11.8 Å². The summed E-state index contributed by atoms with van der Waals surface area (Å²) >= 11 is 13.6. The average molecular weight is 528 g/mol. The Labute approximate surface area is 215 Å². The fraction of sp³-hybridized carbons (Fsp3) is 0.167. The Kier molecular flexibility index (Phi) is 6.66. The van der Waals surface area contributed by atoms with Gasteiger partial charge in [-0.1, -0.05) is 35.3 Å². The molecule has 0 spiro atoms. The lowest BCUT2D eigenvalue weighted by Gasteiger charge is -2.31. The van der Waals surface area contributed by atoms with E-state index in [-0.39, 0.29) is 5.91 Å².